The van der Waals surface area contributed by atoms with Crippen LogP contribution in [0, 0.1) is 0 Å². The molecule has 0 aliphatic carbocycles. The molecular formula is C19H21N3O3S. The van der Waals surface area contributed by atoms with E-state index in [1.807, 2.05) is 54.6 Å². The van der Waals surface area contributed by atoms with E-state index in [1.165, 1.54) is 0 Å². The van der Waals surface area contributed by atoms with Gasteiger partial charge in [0.25, 0.3) is 0 Å². The van der Waals surface area contributed by atoms with Crippen LogP contribution < -0.4 is 15.5 Å². The van der Waals surface area contributed by atoms with Gasteiger partial charge < -0.3 is 14.8 Å². The summed E-state index contributed by atoms with van der Waals surface area (Å²) in [5, 5.41) is 7.23. The molecule has 1 unspecified atom stereocenters. The Morgan fingerprint density at radius 3 is 2.50 bits per heavy atom. The van der Waals surface area contributed by atoms with Gasteiger partial charge in [0.1, 0.15) is 5.75 Å². The maximum atomic E-state index is 12.2. The smallest absolute Gasteiger partial charge is 0.333 e. The van der Waals surface area contributed by atoms with Crippen LogP contribution in [0.1, 0.15) is 24.1 Å². The van der Waals surface area contributed by atoms with Crippen molar-refractivity contribution in [3.63, 3.8) is 0 Å². The molecule has 2 aromatic carbocycles. The first-order valence-corrected chi connectivity index (χ1v) is 8.50. The highest BCUT2D eigenvalue weighted by Gasteiger charge is 2.22. The van der Waals surface area contributed by atoms with Gasteiger partial charge >= 0.3 is 5.97 Å². The molecule has 0 bridgehead atoms. The first-order valence-electron chi connectivity index (χ1n) is 8.09. The van der Waals surface area contributed by atoms with Gasteiger partial charge in [0.05, 0.1) is 19.9 Å². The summed E-state index contributed by atoms with van der Waals surface area (Å²) < 4.78 is 10.2. The number of benzene rings is 2. The fraction of sp³-hybridized carbons (Fsp3) is 0.211. The van der Waals surface area contributed by atoms with Crippen molar-refractivity contribution in [2.45, 2.75) is 13.0 Å². The van der Waals surface area contributed by atoms with Gasteiger partial charge in [0.2, 0.25) is 0 Å². The summed E-state index contributed by atoms with van der Waals surface area (Å²) in [5.74, 6) is 0.370. The van der Waals surface area contributed by atoms with E-state index < -0.39 is 12.0 Å². The minimum atomic E-state index is -0.702. The van der Waals surface area contributed by atoms with Gasteiger partial charge in [-0.1, -0.05) is 30.3 Å². The lowest BCUT2D eigenvalue weighted by atomic mass is 10.1. The molecule has 2 N–H and O–H groups in total. The number of esters is 1. The Balaban J connectivity index is 1.97. The molecule has 0 amide bonds. The lowest BCUT2D eigenvalue weighted by Gasteiger charge is -2.18. The SMILES string of the molecule is CCOC(=O)C(NC(=S)N/N=C/c1ccc(OC)cc1)c1ccccc1. The summed E-state index contributed by atoms with van der Waals surface area (Å²) >= 11 is 5.22. The monoisotopic (exact) mass is 371 g/mol. The number of hydrogen-bond acceptors (Lipinski definition) is 5. The fourth-order valence-electron chi connectivity index (χ4n) is 2.17. The number of carbonyl (C=O) groups is 1. The van der Waals surface area contributed by atoms with Crippen LogP contribution in [-0.4, -0.2) is 31.0 Å². The molecule has 0 aliphatic rings. The van der Waals surface area contributed by atoms with Crippen LogP contribution in [0.3, 0.4) is 0 Å². The van der Waals surface area contributed by atoms with Gasteiger partial charge in [-0.05, 0) is 54.5 Å². The standard InChI is InChI=1S/C19H21N3O3S/c1-3-25-18(23)17(15-7-5-4-6-8-15)21-19(26)22-20-13-14-9-11-16(24-2)12-10-14/h4-13,17H,3H2,1-2H3,(H2,21,22,26)/b20-13+. The predicted octanol–water partition coefficient (Wildman–Crippen LogP) is 2.80. The molecule has 0 heterocycles. The van der Waals surface area contributed by atoms with Crippen molar-refractivity contribution < 1.29 is 14.3 Å². The molecule has 0 fully saturated rings. The Morgan fingerprint density at radius 1 is 1.19 bits per heavy atom. The van der Waals surface area contributed by atoms with Crippen LogP contribution in [-0.2, 0) is 9.53 Å². The van der Waals surface area contributed by atoms with E-state index in [-0.39, 0.29) is 5.11 Å². The zero-order valence-electron chi connectivity index (χ0n) is 14.6. The Bertz CT molecular complexity index is 748. The van der Waals surface area contributed by atoms with Gasteiger partial charge in [-0.25, -0.2) is 4.79 Å². The quantitative estimate of drug-likeness (QED) is 0.338. The summed E-state index contributed by atoms with van der Waals surface area (Å²) in [4.78, 5) is 12.2. The number of hydrogen-bond donors (Lipinski definition) is 2. The Hall–Kier alpha value is -2.93. The molecule has 0 radical (unpaired) electrons. The Morgan fingerprint density at radius 2 is 1.88 bits per heavy atom. The lowest BCUT2D eigenvalue weighted by Crippen LogP contribution is -2.39. The Labute approximate surface area is 158 Å². The Kier molecular flexibility index (Phi) is 7.57. The van der Waals surface area contributed by atoms with Crippen molar-refractivity contribution in [1.29, 1.82) is 0 Å². The van der Waals surface area contributed by atoms with E-state index in [0.29, 0.717) is 6.61 Å². The van der Waals surface area contributed by atoms with E-state index in [2.05, 4.69) is 15.8 Å². The van der Waals surface area contributed by atoms with Crippen LogP contribution in [0.4, 0.5) is 0 Å². The maximum Gasteiger partial charge on any atom is 0.333 e. The first kappa shape index (κ1) is 19.4. The number of thiocarbonyl (C=S) groups is 1. The van der Waals surface area contributed by atoms with Gasteiger partial charge in [0, 0.05) is 0 Å². The minimum absolute atomic E-state index is 0.219. The summed E-state index contributed by atoms with van der Waals surface area (Å²) in [6.45, 7) is 2.05. The van der Waals surface area contributed by atoms with Crippen molar-refractivity contribution in [3.8, 4) is 5.75 Å². The highest BCUT2D eigenvalue weighted by molar-refractivity contribution is 7.80. The maximum absolute atomic E-state index is 12.2. The van der Waals surface area contributed by atoms with Gasteiger partial charge in [0.15, 0.2) is 11.2 Å². The van der Waals surface area contributed by atoms with Gasteiger partial charge in [-0.3, -0.25) is 5.43 Å². The predicted molar refractivity (Wildman–Crippen MR) is 105 cm³/mol. The summed E-state index contributed by atoms with van der Waals surface area (Å²) in [5.41, 5.74) is 4.35. The topological polar surface area (TPSA) is 72.0 Å². The zero-order chi connectivity index (χ0) is 18.8. The third kappa shape index (κ3) is 5.86. The van der Waals surface area contributed by atoms with E-state index in [0.717, 1.165) is 16.9 Å². The van der Waals surface area contributed by atoms with Crippen molar-refractivity contribution in [3.05, 3.63) is 65.7 Å². The van der Waals surface area contributed by atoms with Crippen LogP contribution >= 0.6 is 12.2 Å². The zero-order valence-corrected chi connectivity index (χ0v) is 15.5. The summed E-state index contributed by atoms with van der Waals surface area (Å²) in [6.07, 6.45) is 1.62. The molecule has 7 heteroatoms. The molecule has 2 rings (SSSR count). The van der Waals surface area contributed by atoms with Crippen LogP contribution in [0.2, 0.25) is 0 Å². The van der Waals surface area contributed by atoms with Crippen LogP contribution in [0.15, 0.2) is 59.7 Å². The second kappa shape index (κ2) is 10.1. The molecule has 0 saturated heterocycles. The van der Waals surface area contributed by atoms with Crippen LogP contribution in [0.25, 0.3) is 0 Å². The number of ether oxygens (including phenoxy) is 2. The second-order valence-electron chi connectivity index (χ2n) is 5.21. The van der Waals surface area contributed by atoms with Crippen molar-refractivity contribution in [1.82, 2.24) is 10.7 Å². The highest BCUT2D eigenvalue weighted by Crippen LogP contribution is 2.14. The molecule has 0 aliphatic heterocycles. The summed E-state index contributed by atoms with van der Waals surface area (Å²) in [7, 11) is 1.61. The van der Waals surface area contributed by atoms with Crippen LogP contribution in [0.5, 0.6) is 5.75 Å². The number of nitrogens with one attached hydrogen (secondary N) is 2. The number of carbonyl (C=O) groups excluding carboxylic acids is 1. The van der Waals surface area contributed by atoms with E-state index in [9.17, 15) is 4.79 Å². The lowest BCUT2D eigenvalue weighted by molar-refractivity contribution is -0.145. The van der Waals surface area contributed by atoms with Gasteiger partial charge in [-0.15, -0.1) is 0 Å². The minimum Gasteiger partial charge on any atom is -0.497 e. The number of rotatable bonds is 7. The molecular weight excluding hydrogens is 350 g/mol. The molecule has 0 aromatic heterocycles. The normalized spacial score (nSPS) is 11.6. The third-order valence-corrected chi connectivity index (χ3v) is 3.64. The summed E-state index contributed by atoms with van der Waals surface area (Å²) in [6, 6.07) is 15.9. The molecule has 2 aromatic rings. The first-order chi connectivity index (χ1) is 12.6. The molecule has 136 valence electrons. The fourth-order valence-corrected chi connectivity index (χ4v) is 2.34. The van der Waals surface area contributed by atoms with Crippen molar-refractivity contribution in [2.75, 3.05) is 13.7 Å². The highest BCUT2D eigenvalue weighted by atomic mass is 32.1. The average molecular weight is 371 g/mol. The number of nitrogens with zero attached hydrogens (tertiary/aromatic N) is 1. The molecule has 1 atom stereocenters. The molecule has 26 heavy (non-hydrogen) atoms. The molecule has 0 saturated carbocycles. The van der Waals surface area contributed by atoms with E-state index in [4.69, 9.17) is 21.7 Å². The van der Waals surface area contributed by atoms with Crippen molar-refractivity contribution >= 4 is 29.5 Å². The number of methoxy groups -OCH3 is 1. The van der Waals surface area contributed by atoms with E-state index >= 15 is 0 Å². The average Bonchev–Trinajstić information content (AvgIpc) is 2.67. The molecule has 6 nitrogen and oxygen atoms in total. The largest absolute Gasteiger partial charge is 0.497 e. The van der Waals surface area contributed by atoms with E-state index in [1.54, 1.807) is 20.2 Å². The number of hydrazone groups is 1. The second-order valence-corrected chi connectivity index (χ2v) is 5.62. The molecule has 0 spiro atoms. The van der Waals surface area contributed by atoms with Gasteiger partial charge in [-0.2, -0.15) is 5.10 Å². The van der Waals surface area contributed by atoms with Crippen molar-refractivity contribution in [2.24, 2.45) is 5.10 Å². The third-order valence-electron chi connectivity index (χ3n) is 3.43.